The highest BCUT2D eigenvalue weighted by Crippen LogP contribution is 2.34. The van der Waals surface area contributed by atoms with Crippen LogP contribution in [-0.4, -0.2) is 21.5 Å². The number of rotatable bonds is 3. The maximum atomic E-state index is 11.4. The zero-order valence-electron chi connectivity index (χ0n) is 11.8. The van der Waals surface area contributed by atoms with Crippen molar-refractivity contribution in [2.75, 3.05) is 7.11 Å². The standard InChI is InChI=1S/C16H12N4O2/c1-22-11-8-6-10(7-9-11)14-15(19-21)20-13-5-3-2-4-12(13)17-16(20)18-14/h2-9H,1H3,(H,17,18). The van der Waals surface area contributed by atoms with Gasteiger partial charge in [0.25, 0.3) is 0 Å². The van der Waals surface area contributed by atoms with Crippen molar-refractivity contribution < 1.29 is 4.74 Å². The van der Waals surface area contributed by atoms with Crippen molar-refractivity contribution in [3.8, 4) is 17.0 Å². The molecule has 4 aromatic rings. The zero-order valence-corrected chi connectivity index (χ0v) is 11.8. The Hall–Kier alpha value is -3.15. The number of aromatic nitrogens is 3. The smallest absolute Gasteiger partial charge is 0.214 e. The molecule has 0 aliphatic heterocycles. The number of benzene rings is 2. The molecule has 0 aliphatic rings. The minimum Gasteiger partial charge on any atom is -0.497 e. The SMILES string of the molecule is COc1ccc(-c2nc3[nH]c4ccccc4n3c2N=O)cc1. The van der Waals surface area contributed by atoms with Crippen LogP contribution in [0.5, 0.6) is 5.75 Å². The first kappa shape index (κ1) is 12.6. The van der Waals surface area contributed by atoms with Crippen LogP contribution in [0.3, 0.4) is 0 Å². The second kappa shape index (κ2) is 4.70. The number of H-pyrrole nitrogens is 1. The van der Waals surface area contributed by atoms with Gasteiger partial charge < -0.3 is 9.72 Å². The Morgan fingerprint density at radius 1 is 1.14 bits per heavy atom. The van der Waals surface area contributed by atoms with E-state index in [0.29, 0.717) is 11.5 Å². The van der Waals surface area contributed by atoms with Gasteiger partial charge in [0.2, 0.25) is 11.6 Å². The summed E-state index contributed by atoms with van der Waals surface area (Å²) in [5.74, 6) is 1.64. The van der Waals surface area contributed by atoms with E-state index < -0.39 is 0 Å². The summed E-state index contributed by atoms with van der Waals surface area (Å²) in [6.45, 7) is 0. The maximum absolute atomic E-state index is 11.4. The van der Waals surface area contributed by atoms with Crippen LogP contribution in [0.1, 0.15) is 0 Å². The summed E-state index contributed by atoms with van der Waals surface area (Å²) in [5, 5.41) is 3.20. The number of hydrogen-bond acceptors (Lipinski definition) is 4. The number of methoxy groups -OCH3 is 1. The van der Waals surface area contributed by atoms with E-state index in [0.717, 1.165) is 22.3 Å². The normalized spacial score (nSPS) is 11.1. The van der Waals surface area contributed by atoms with Gasteiger partial charge in [-0.05, 0) is 41.6 Å². The number of aromatic amines is 1. The van der Waals surface area contributed by atoms with Gasteiger partial charge in [-0.15, -0.1) is 4.91 Å². The number of ether oxygens (including phenoxy) is 1. The van der Waals surface area contributed by atoms with Gasteiger partial charge in [-0.1, -0.05) is 12.1 Å². The number of nitrogens with zero attached hydrogens (tertiary/aromatic N) is 3. The third-order valence-corrected chi connectivity index (χ3v) is 3.69. The van der Waals surface area contributed by atoms with Gasteiger partial charge in [0, 0.05) is 5.56 Å². The molecule has 0 spiro atoms. The highest BCUT2D eigenvalue weighted by molar-refractivity contribution is 5.85. The molecule has 0 amide bonds. The lowest BCUT2D eigenvalue weighted by Gasteiger charge is -2.01. The Morgan fingerprint density at radius 3 is 2.64 bits per heavy atom. The molecule has 2 aromatic carbocycles. The zero-order chi connectivity index (χ0) is 15.1. The van der Waals surface area contributed by atoms with Crippen LogP contribution < -0.4 is 4.74 Å². The third-order valence-electron chi connectivity index (χ3n) is 3.69. The molecule has 1 N–H and O–H groups in total. The lowest BCUT2D eigenvalue weighted by atomic mass is 10.1. The van der Waals surface area contributed by atoms with Crippen molar-refractivity contribution in [1.82, 2.24) is 14.4 Å². The molecule has 4 rings (SSSR count). The lowest BCUT2D eigenvalue weighted by Crippen LogP contribution is -1.84. The molecule has 6 nitrogen and oxygen atoms in total. The molecule has 0 radical (unpaired) electrons. The Labute approximate surface area is 125 Å². The molecule has 0 atom stereocenters. The molecular formula is C16H12N4O2. The van der Waals surface area contributed by atoms with Crippen molar-refractivity contribution in [3.05, 3.63) is 53.4 Å². The minimum atomic E-state index is 0.289. The summed E-state index contributed by atoms with van der Waals surface area (Å²) in [5.41, 5.74) is 3.15. The fraction of sp³-hybridized carbons (Fsp3) is 0.0625. The molecule has 0 saturated heterocycles. The Bertz CT molecular complexity index is 983. The lowest BCUT2D eigenvalue weighted by molar-refractivity contribution is 0.415. The first-order valence-electron chi connectivity index (χ1n) is 6.79. The molecule has 0 unspecified atom stereocenters. The summed E-state index contributed by atoms with van der Waals surface area (Å²) in [7, 11) is 1.61. The number of hydrogen-bond donors (Lipinski definition) is 1. The number of nitrogens with one attached hydrogen (secondary N) is 1. The van der Waals surface area contributed by atoms with Crippen molar-refractivity contribution in [3.63, 3.8) is 0 Å². The first-order chi connectivity index (χ1) is 10.8. The molecule has 0 aliphatic carbocycles. The summed E-state index contributed by atoms with van der Waals surface area (Å²) in [6, 6.07) is 15.1. The second-order valence-electron chi connectivity index (χ2n) is 4.90. The van der Waals surface area contributed by atoms with E-state index in [1.165, 1.54) is 0 Å². The van der Waals surface area contributed by atoms with Crippen LogP contribution in [0.25, 0.3) is 28.1 Å². The average Bonchev–Trinajstić information content (AvgIpc) is 3.10. The summed E-state index contributed by atoms with van der Waals surface area (Å²) >= 11 is 0. The van der Waals surface area contributed by atoms with E-state index in [-0.39, 0.29) is 5.82 Å². The molecule has 2 aromatic heterocycles. The van der Waals surface area contributed by atoms with E-state index in [9.17, 15) is 4.91 Å². The van der Waals surface area contributed by atoms with Crippen molar-refractivity contribution in [2.45, 2.75) is 0 Å². The molecule has 22 heavy (non-hydrogen) atoms. The largest absolute Gasteiger partial charge is 0.497 e. The molecule has 2 heterocycles. The molecule has 0 fully saturated rings. The van der Waals surface area contributed by atoms with Gasteiger partial charge in [-0.25, -0.2) is 4.98 Å². The number of nitroso groups, excluding NO2 is 1. The van der Waals surface area contributed by atoms with Gasteiger partial charge in [0.1, 0.15) is 11.4 Å². The van der Waals surface area contributed by atoms with Crippen LogP contribution in [0.4, 0.5) is 5.82 Å². The fourth-order valence-electron chi connectivity index (χ4n) is 2.65. The number of imidazole rings is 2. The van der Waals surface area contributed by atoms with E-state index in [4.69, 9.17) is 4.74 Å². The highest BCUT2D eigenvalue weighted by Gasteiger charge is 2.18. The van der Waals surface area contributed by atoms with Gasteiger partial charge >= 0.3 is 0 Å². The molecule has 6 heteroatoms. The maximum Gasteiger partial charge on any atom is 0.214 e. The number of fused-ring (bicyclic) bond motifs is 3. The summed E-state index contributed by atoms with van der Waals surface area (Å²) in [6.07, 6.45) is 0. The predicted molar refractivity (Wildman–Crippen MR) is 84.5 cm³/mol. The van der Waals surface area contributed by atoms with Crippen LogP contribution in [0.2, 0.25) is 0 Å². The summed E-state index contributed by atoms with van der Waals surface area (Å²) < 4.78 is 6.88. The van der Waals surface area contributed by atoms with Gasteiger partial charge in [-0.2, -0.15) is 0 Å². The van der Waals surface area contributed by atoms with Crippen molar-refractivity contribution in [1.29, 1.82) is 0 Å². The number of para-hydroxylation sites is 2. The van der Waals surface area contributed by atoms with Gasteiger partial charge in [-0.3, -0.25) is 4.40 Å². The topological polar surface area (TPSA) is 71.8 Å². The highest BCUT2D eigenvalue weighted by atomic mass is 16.5. The van der Waals surface area contributed by atoms with Crippen molar-refractivity contribution in [2.24, 2.45) is 5.18 Å². The van der Waals surface area contributed by atoms with Crippen LogP contribution in [-0.2, 0) is 0 Å². The van der Waals surface area contributed by atoms with E-state index in [1.54, 1.807) is 11.5 Å². The van der Waals surface area contributed by atoms with Crippen LogP contribution >= 0.6 is 0 Å². The Kier molecular flexibility index (Phi) is 2.69. The monoisotopic (exact) mass is 292 g/mol. The fourth-order valence-corrected chi connectivity index (χ4v) is 2.65. The summed E-state index contributed by atoms with van der Waals surface area (Å²) in [4.78, 5) is 19.1. The van der Waals surface area contributed by atoms with Crippen molar-refractivity contribution >= 4 is 22.6 Å². The van der Waals surface area contributed by atoms with E-state index in [2.05, 4.69) is 15.1 Å². The van der Waals surface area contributed by atoms with E-state index >= 15 is 0 Å². The van der Waals surface area contributed by atoms with Crippen LogP contribution in [0.15, 0.2) is 53.7 Å². The second-order valence-corrected chi connectivity index (χ2v) is 4.90. The predicted octanol–water partition coefficient (Wildman–Crippen LogP) is 3.89. The molecule has 0 saturated carbocycles. The molecule has 108 valence electrons. The van der Waals surface area contributed by atoms with E-state index in [1.807, 2.05) is 48.5 Å². The minimum absolute atomic E-state index is 0.289. The molecule has 0 bridgehead atoms. The quantitative estimate of drug-likeness (QED) is 0.582. The van der Waals surface area contributed by atoms with Gasteiger partial charge in [0.05, 0.1) is 18.1 Å². The van der Waals surface area contributed by atoms with Crippen LogP contribution in [0, 0.1) is 4.91 Å². The molecular weight excluding hydrogens is 280 g/mol. The average molecular weight is 292 g/mol. The Balaban J connectivity index is 1.99. The first-order valence-corrected chi connectivity index (χ1v) is 6.79. The van der Waals surface area contributed by atoms with Gasteiger partial charge in [0.15, 0.2) is 0 Å². The Morgan fingerprint density at radius 2 is 1.91 bits per heavy atom. The third kappa shape index (κ3) is 1.70.